The smallest absolute Gasteiger partial charge is 0.273 e. The second-order valence-electron chi connectivity index (χ2n) is 3.60. The molecule has 98 valence electrons. The highest BCUT2D eigenvalue weighted by Crippen LogP contribution is 2.16. The third kappa shape index (κ3) is 2.68. The van der Waals surface area contributed by atoms with Gasteiger partial charge in [0.25, 0.3) is 5.91 Å². The lowest BCUT2D eigenvalue weighted by molar-refractivity contribution is 0.102. The summed E-state index contributed by atoms with van der Waals surface area (Å²) in [4.78, 5) is 11.7. The molecule has 8 heteroatoms. The van der Waals surface area contributed by atoms with Crippen LogP contribution in [-0.2, 0) is 0 Å². The maximum Gasteiger partial charge on any atom is 0.273 e. The van der Waals surface area contributed by atoms with Gasteiger partial charge in [0.15, 0.2) is 5.84 Å². The van der Waals surface area contributed by atoms with Crippen LogP contribution in [0.15, 0.2) is 35.6 Å². The Balaban J connectivity index is 2.20. The van der Waals surface area contributed by atoms with E-state index in [1.54, 1.807) is 0 Å². The zero-order valence-corrected chi connectivity index (χ0v) is 9.59. The molecule has 0 aliphatic heterocycles. The number of carbonyl (C=O) groups is 1. The number of nitrogens with two attached hydrogens (primary N) is 1. The van der Waals surface area contributed by atoms with Gasteiger partial charge in [0.05, 0.1) is 5.69 Å². The molecule has 2 aromatic rings. The number of amidine groups is 1. The number of rotatable bonds is 3. The van der Waals surface area contributed by atoms with Crippen molar-refractivity contribution in [1.29, 1.82) is 0 Å². The molecule has 19 heavy (non-hydrogen) atoms. The average Bonchev–Trinajstić information content (AvgIpc) is 2.94. The zero-order chi connectivity index (χ0) is 13.8. The van der Waals surface area contributed by atoms with E-state index in [1.807, 2.05) is 0 Å². The molecule has 1 heterocycles. The predicted octanol–water partition coefficient (Wildman–Crippen LogP) is 0.896. The minimum Gasteiger partial charge on any atom is -0.409 e. The predicted molar refractivity (Wildman–Crippen MR) is 65.5 cm³/mol. The highest BCUT2D eigenvalue weighted by Gasteiger charge is 2.11. The molecular formula is C11H10FN5O2. The maximum atomic E-state index is 13.7. The Morgan fingerprint density at radius 3 is 2.84 bits per heavy atom. The number of H-pyrrole nitrogens is 1. The van der Waals surface area contributed by atoms with Crippen molar-refractivity contribution < 1.29 is 14.4 Å². The number of hydrogen-bond donors (Lipinski definition) is 4. The van der Waals surface area contributed by atoms with Crippen molar-refractivity contribution in [1.82, 2.24) is 10.2 Å². The van der Waals surface area contributed by atoms with Crippen LogP contribution in [0, 0.1) is 5.82 Å². The molecule has 2 rings (SSSR count). The summed E-state index contributed by atoms with van der Waals surface area (Å²) in [5.74, 6) is -1.43. The Labute approximate surface area is 106 Å². The standard InChI is InChI=1S/C11H10FN5O2/c12-7-5-6(10(13)17-19)1-2-8(7)15-11(18)9-3-4-14-16-9/h1-5,19H,(H2,13,17)(H,14,16)(H,15,18). The average molecular weight is 263 g/mol. The molecule has 1 amide bonds. The number of nitrogens with one attached hydrogen (secondary N) is 2. The number of halogens is 1. The van der Waals surface area contributed by atoms with Crippen LogP contribution in [-0.4, -0.2) is 27.1 Å². The first-order valence-corrected chi connectivity index (χ1v) is 5.20. The van der Waals surface area contributed by atoms with Crippen molar-refractivity contribution in [2.45, 2.75) is 0 Å². The molecule has 0 aliphatic carbocycles. The lowest BCUT2D eigenvalue weighted by atomic mass is 10.2. The van der Waals surface area contributed by atoms with Gasteiger partial charge in [0, 0.05) is 11.8 Å². The summed E-state index contributed by atoms with van der Waals surface area (Å²) < 4.78 is 13.7. The van der Waals surface area contributed by atoms with E-state index in [0.29, 0.717) is 0 Å². The van der Waals surface area contributed by atoms with Crippen molar-refractivity contribution in [3.8, 4) is 0 Å². The van der Waals surface area contributed by atoms with E-state index in [-0.39, 0.29) is 22.8 Å². The van der Waals surface area contributed by atoms with Crippen molar-refractivity contribution >= 4 is 17.4 Å². The normalized spacial score (nSPS) is 11.3. The van der Waals surface area contributed by atoms with E-state index in [4.69, 9.17) is 10.9 Å². The van der Waals surface area contributed by atoms with E-state index in [2.05, 4.69) is 20.7 Å². The monoisotopic (exact) mass is 263 g/mol. The van der Waals surface area contributed by atoms with Crippen LogP contribution in [0.3, 0.4) is 0 Å². The number of carbonyl (C=O) groups excluding carboxylic acids is 1. The van der Waals surface area contributed by atoms with Crippen LogP contribution in [0.1, 0.15) is 16.1 Å². The number of hydrogen-bond acceptors (Lipinski definition) is 4. The topological polar surface area (TPSA) is 116 Å². The quantitative estimate of drug-likeness (QED) is 0.285. The van der Waals surface area contributed by atoms with Crippen molar-refractivity contribution in [3.63, 3.8) is 0 Å². The fourth-order valence-corrected chi connectivity index (χ4v) is 1.41. The summed E-state index contributed by atoms with van der Waals surface area (Å²) in [6, 6.07) is 5.24. The lowest BCUT2D eigenvalue weighted by Crippen LogP contribution is -2.16. The molecule has 0 aliphatic rings. The number of aromatic nitrogens is 2. The summed E-state index contributed by atoms with van der Waals surface area (Å²) in [7, 11) is 0. The fourth-order valence-electron chi connectivity index (χ4n) is 1.41. The van der Waals surface area contributed by atoms with Crippen molar-refractivity contribution in [2.75, 3.05) is 5.32 Å². The van der Waals surface area contributed by atoms with Crippen LogP contribution >= 0.6 is 0 Å². The third-order valence-electron chi connectivity index (χ3n) is 2.37. The van der Waals surface area contributed by atoms with E-state index in [0.717, 1.165) is 6.07 Å². The second-order valence-corrected chi connectivity index (χ2v) is 3.60. The molecule has 1 aromatic carbocycles. The summed E-state index contributed by atoms with van der Waals surface area (Å²) >= 11 is 0. The first kappa shape index (κ1) is 12.6. The SMILES string of the molecule is N/C(=N/O)c1ccc(NC(=O)c2ccn[nH]2)c(F)c1. The number of benzene rings is 1. The summed E-state index contributed by atoms with van der Waals surface area (Å²) in [6.07, 6.45) is 1.41. The van der Waals surface area contributed by atoms with Gasteiger partial charge in [-0.25, -0.2) is 4.39 Å². The molecule has 0 fully saturated rings. The molecule has 7 nitrogen and oxygen atoms in total. The Morgan fingerprint density at radius 2 is 2.26 bits per heavy atom. The molecule has 0 unspecified atom stereocenters. The second kappa shape index (κ2) is 5.17. The van der Waals surface area contributed by atoms with Gasteiger partial charge >= 0.3 is 0 Å². The van der Waals surface area contributed by atoms with Gasteiger partial charge in [0.1, 0.15) is 11.5 Å². The van der Waals surface area contributed by atoms with Crippen LogP contribution in [0.25, 0.3) is 0 Å². The Bertz CT molecular complexity index is 624. The van der Waals surface area contributed by atoms with Crippen LogP contribution in [0.4, 0.5) is 10.1 Å². The molecular weight excluding hydrogens is 253 g/mol. The number of anilines is 1. The van der Waals surface area contributed by atoms with Crippen LogP contribution in [0.2, 0.25) is 0 Å². The van der Waals surface area contributed by atoms with E-state index >= 15 is 0 Å². The zero-order valence-electron chi connectivity index (χ0n) is 9.59. The van der Waals surface area contributed by atoms with Gasteiger partial charge in [-0.3, -0.25) is 9.89 Å². The van der Waals surface area contributed by atoms with Gasteiger partial charge in [-0.05, 0) is 24.3 Å². The van der Waals surface area contributed by atoms with Crippen molar-refractivity contribution in [3.05, 3.63) is 47.5 Å². The molecule has 0 spiro atoms. The van der Waals surface area contributed by atoms with Gasteiger partial charge in [-0.15, -0.1) is 0 Å². The minimum absolute atomic E-state index is 0.0194. The van der Waals surface area contributed by atoms with Crippen LogP contribution in [0.5, 0.6) is 0 Å². The van der Waals surface area contributed by atoms with Crippen molar-refractivity contribution in [2.24, 2.45) is 10.9 Å². The Hall–Kier alpha value is -2.90. The largest absolute Gasteiger partial charge is 0.409 e. The summed E-state index contributed by atoms with van der Waals surface area (Å²) in [5.41, 5.74) is 5.72. The van der Waals surface area contributed by atoms with E-state index in [1.165, 1.54) is 24.4 Å². The van der Waals surface area contributed by atoms with Crippen LogP contribution < -0.4 is 11.1 Å². The molecule has 0 atom stereocenters. The summed E-state index contributed by atoms with van der Waals surface area (Å²) in [5, 5.41) is 19.7. The molecule has 1 aromatic heterocycles. The molecule has 0 saturated carbocycles. The molecule has 5 N–H and O–H groups in total. The number of nitrogens with zero attached hydrogens (tertiary/aromatic N) is 2. The first-order valence-electron chi connectivity index (χ1n) is 5.20. The Kier molecular flexibility index (Phi) is 3.42. The highest BCUT2D eigenvalue weighted by atomic mass is 19.1. The van der Waals surface area contributed by atoms with E-state index in [9.17, 15) is 9.18 Å². The van der Waals surface area contributed by atoms with Gasteiger partial charge in [0.2, 0.25) is 0 Å². The molecule has 0 saturated heterocycles. The first-order chi connectivity index (χ1) is 9.11. The summed E-state index contributed by atoms with van der Waals surface area (Å²) in [6.45, 7) is 0. The maximum absolute atomic E-state index is 13.7. The molecule has 0 radical (unpaired) electrons. The van der Waals surface area contributed by atoms with Gasteiger partial charge in [-0.1, -0.05) is 5.16 Å². The highest BCUT2D eigenvalue weighted by molar-refractivity contribution is 6.03. The fraction of sp³-hybridized carbons (Fsp3) is 0. The lowest BCUT2D eigenvalue weighted by Gasteiger charge is -2.06. The number of aromatic amines is 1. The van der Waals surface area contributed by atoms with E-state index < -0.39 is 11.7 Å². The Morgan fingerprint density at radius 1 is 1.47 bits per heavy atom. The third-order valence-corrected chi connectivity index (χ3v) is 2.37. The number of amides is 1. The van der Waals surface area contributed by atoms with Gasteiger partial charge in [-0.2, -0.15) is 5.10 Å². The molecule has 0 bridgehead atoms. The minimum atomic E-state index is -0.697. The number of oxime groups is 1. The van der Waals surface area contributed by atoms with Gasteiger partial charge < -0.3 is 16.3 Å².